The Balaban J connectivity index is 1.45. The lowest BCUT2D eigenvalue weighted by molar-refractivity contribution is -0.127. The molecule has 5 rings (SSSR count). The maximum atomic E-state index is 12.7. The van der Waals surface area contributed by atoms with Gasteiger partial charge in [-0.05, 0) is 49.2 Å². The van der Waals surface area contributed by atoms with Crippen molar-refractivity contribution >= 4 is 29.1 Å². The Morgan fingerprint density at radius 3 is 2.78 bits per heavy atom. The highest BCUT2D eigenvalue weighted by Gasteiger charge is 2.28. The molecule has 0 radical (unpaired) electrons. The van der Waals surface area contributed by atoms with Crippen LogP contribution in [0.25, 0.3) is 16.9 Å². The van der Waals surface area contributed by atoms with Gasteiger partial charge in [-0.25, -0.2) is 15.0 Å². The molecule has 1 fully saturated rings. The summed E-state index contributed by atoms with van der Waals surface area (Å²) in [5.74, 6) is 0.546. The van der Waals surface area contributed by atoms with E-state index in [1.165, 1.54) is 18.3 Å². The Hall–Kier alpha value is -5.11. The topological polar surface area (TPSA) is 155 Å². The van der Waals surface area contributed by atoms with Gasteiger partial charge in [-0.3, -0.25) is 19.0 Å². The zero-order valence-corrected chi connectivity index (χ0v) is 19.8. The fraction of sp³-hybridized carbons (Fsp3) is 0.192. The van der Waals surface area contributed by atoms with E-state index in [-0.39, 0.29) is 29.3 Å². The zero-order chi connectivity index (χ0) is 25.9. The number of nitrogens with two attached hydrogens (primary N) is 1. The van der Waals surface area contributed by atoms with Gasteiger partial charge in [-0.2, -0.15) is 5.26 Å². The monoisotopic (exact) mass is 493 g/mol. The summed E-state index contributed by atoms with van der Waals surface area (Å²) in [6, 6.07) is 10.2. The number of nitriles is 1. The van der Waals surface area contributed by atoms with E-state index in [2.05, 4.69) is 26.8 Å². The van der Waals surface area contributed by atoms with Gasteiger partial charge in [0.25, 0.3) is 5.91 Å². The summed E-state index contributed by atoms with van der Waals surface area (Å²) in [4.78, 5) is 44.2. The fourth-order valence-corrected chi connectivity index (χ4v) is 4.52. The summed E-state index contributed by atoms with van der Waals surface area (Å²) in [5.41, 5.74) is 9.09. The van der Waals surface area contributed by atoms with Crippen molar-refractivity contribution in [2.24, 2.45) is 0 Å². The number of hydrogen-bond acceptors (Lipinski definition) is 8. The number of amides is 2. The minimum atomic E-state index is -0.460. The van der Waals surface area contributed by atoms with Crippen LogP contribution in [0, 0.1) is 11.3 Å². The van der Waals surface area contributed by atoms with Gasteiger partial charge < -0.3 is 16.0 Å². The molecule has 5 heterocycles. The molecule has 1 atom stereocenters. The summed E-state index contributed by atoms with van der Waals surface area (Å²) in [7, 11) is 0. The van der Waals surface area contributed by atoms with Crippen molar-refractivity contribution < 1.29 is 9.59 Å². The molecule has 184 valence electrons. The van der Waals surface area contributed by atoms with Crippen molar-refractivity contribution in [3.8, 4) is 17.5 Å². The summed E-state index contributed by atoms with van der Waals surface area (Å²) in [6.45, 7) is 4.83. The van der Waals surface area contributed by atoms with E-state index in [1.807, 2.05) is 12.1 Å². The van der Waals surface area contributed by atoms with Gasteiger partial charge in [0.15, 0.2) is 0 Å². The molecule has 1 unspecified atom stereocenters. The van der Waals surface area contributed by atoms with E-state index >= 15 is 0 Å². The van der Waals surface area contributed by atoms with Crippen LogP contribution in [-0.2, 0) is 4.79 Å². The van der Waals surface area contributed by atoms with Crippen molar-refractivity contribution in [3.05, 3.63) is 78.5 Å². The molecule has 2 amide bonds. The Morgan fingerprint density at radius 1 is 1.19 bits per heavy atom. The number of nitrogens with one attached hydrogen (secondary N) is 1. The van der Waals surface area contributed by atoms with Crippen molar-refractivity contribution in [1.29, 1.82) is 5.26 Å². The minimum absolute atomic E-state index is 0.0258. The molecule has 4 aromatic rings. The molecular formula is C26H23N9O2. The molecule has 1 aliphatic heterocycles. The van der Waals surface area contributed by atoms with Gasteiger partial charge in [-0.1, -0.05) is 6.58 Å². The lowest BCUT2D eigenvalue weighted by atomic mass is 9.94. The summed E-state index contributed by atoms with van der Waals surface area (Å²) in [5, 5.41) is 11.7. The molecule has 0 saturated carbocycles. The maximum Gasteiger partial charge on any atom is 0.275 e. The van der Waals surface area contributed by atoms with Crippen LogP contribution in [0.4, 0.5) is 11.8 Å². The van der Waals surface area contributed by atoms with Gasteiger partial charge in [0.05, 0.1) is 22.8 Å². The molecule has 1 aliphatic rings. The molecule has 4 aromatic heterocycles. The predicted molar refractivity (Wildman–Crippen MR) is 136 cm³/mol. The number of carbonyl (C=O) groups is 2. The molecule has 0 bridgehead atoms. The number of pyridine rings is 2. The molecule has 3 N–H and O–H groups in total. The SMILES string of the molecule is C=CC(=O)N1CCCC(c2nc(-c3ccc(C(=O)Nc4cc(C#N)ccn4)nc3)n3c(N)nccc23)C1. The largest absolute Gasteiger partial charge is 0.369 e. The number of nitrogens with zero attached hydrogens (tertiary/aromatic N) is 7. The first-order valence-corrected chi connectivity index (χ1v) is 11.7. The second-order valence-corrected chi connectivity index (χ2v) is 8.60. The highest BCUT2D eigenvalue weighted by molar-refractivity contribution is 6.02. The standard InChI is InChI=1S/C26H23N9O2/c1-2-22(36)34-11-3-4-18(15-34)23-20-8-10-30-26(28)35(20)24(33-23)17-5-6-19(31-14-17)25(37)32-21-12-16(13-27)7-9-29-21/h2,5-10,12,14,18H,1,3-4,11,15H2,(H2,28,30)(H,29,32,37). The smallest absolute Gasteiger partial charge is 0.275 e. The number of fused-ring (bicyclic) bond motifs is 1. The van der Waals surface area contributed by atoms with E-state index in [9.17, 15) is 9.59 Å². The average molecular weight is 494 g/mol. The zero-order valence-electron chi connectivity index (χ0n) is 19.8. The fourth-order valence-electron chi connectivity index (χ4n) is 4.52. The van der Waals surface area contributed by atoms with Crippen molar-refractivity contribution in [2.75, 3.05) is 24.1 Å². The van der Waals surface area contributed by atoms with Gasteiger partial charge in [0, 0.05) is 43.2 Å². The van der Waals surface area contributed by atoms with Gasteiger partial charge >= 0.3 is 0 Å². The maximum absolute atomic E-state index is 12.7. The Bertz CT molecular complexity index is 1550. The molecule has 0 aliphatic carbocycles. The third-order valence-electron chi connectivity index (χ3n) is 6.29. The highest BCUT2D eigenvalue weighted by atomic mass is 16.2. The lowest BCUT2D eigenvalue weighted by Crippen LogP contribution is -2.38. The summed E-state index contributed by atoms with van der Waals surface area (Å²) in [6.07, 6.45) is 7.71. The number of anilines is 2. The molecule has 1 saturated heterocycles. The second kappa shape index (κ2) is 9.87. The van der Waals surface area contributed by atoms with Crippen LogP contribution >= 0.6 is 0 Å². The molecule has 0 aromatic carbocycles. The Kier molecular flexibility index (Phi) is 6.30. The number of imidazole rings is 1. The quantitative estimate of drug-likeness (QED) is 0.402. The van der Waals surface area contributed by atoms with Gasteiger partial charge in [-0.15, -0.1) is 0 Å². The number of nitrogen functional groups attached to an aromatic ring is 1. The van der Waals surface area contributed by atoms with E-state index in [0.29, 0.717) is 30.0 Å². The second-order valence-electron chi connectivity index (χ2n) is 8.60. The molecule has 11 nitrogen and oxygen atoms in total. The number of likely N-dealkylation sites (tertiary alicyclic amines) is 1. The average Bonchev–Trinajstić information content (AvgIpc) is 3.34. The highest BCUT2D eigenvalue weighted by Crippen LogP contribution is 2.33. The number of hydrogen-bond donors (Lipinski definition) is 2. The van der Waals surface area contributed by atoms with E-state index in [4.69, 9.17) is 16.0 Å². The lowest BCUT2D eigenvalue weighted by Gasteiger charge is -2.31. The number of piperidine rings is 1. The van der Waals surface area contributed by atoms with Crippen LogP contribution in [0.1, 0.15) is 40.5 Å². The van der Waals surface area contributed by atoms with E-state index in [1.54, 1.807) is 39.9 Å². The van der Waals surface area contributed by atoms with Crippen molar-refractivity contribution in [3.63, 3.8) is 0 Å². The molecule has 37 heavy (non-hydrogen) atoms. The van der Waals surface area contributed by atoms with Crippen LogP contribution in [-0.4, -0.2) is 54.1 Å². The first kappa shape index (κ1) is 23.6. The minimum Gasteiger partial charge on any atom is -0.369 e. The first-order chi connectivity index (χ1) is 18.0. The number of carbonyl (C=O) groups excluding carboxylic acids is 2. The summed E-state index contributed by atoms with van der Waals surface area (Å²) < 4.78 is 1.76. The third-order valence-corrected chi connectivity index (χ3v) is 6.29. The van der Waals surface area contributed by atoms with Crippen molar-refractivity contribution in [1.82, 2.24) is 29.2 Å². The number of rotatable bonds is 5. The van der Waals surface area contributed by atoms with Crippen LogP contribution < -0.4 is 11.1 Å². The Morgan fingerprint density at radius 2 is 2.03 bits per heavy atom. The third kappa shape index (κ3) is 4.60. The van der Waals surface area contributed by atoms with Crippen molar-refractivity contribution in [2.45, 2.75) is 18.8 Å². The first-order valence-electron chi connectivity index (χ1n) is 11.7. The van der Waals surface area contributed by atoms with Crippen LogP contribution in [0.3, 0.4) is 0 Å². The van der Waals surface area contributed by atoms with Gasteiger partial charge in [0.2, 0.25) is 11.9 Å². The predicted octanol–water partition coefficient (Wildman–Crippen LogP) is 2.78. The number of aromatic nitrogens is 5. The molecular weight excluding hydrogens is 470 g/mol. The molecule has 0 spiro atoms. The van der Waals surface area contributed by atoms with E-state index in [0.717, 1.165) is 24.1 Å². The Labute approximate surface area is 212 Å². The van der Waals surface area contributed by atoms with E-state index < -0.39 is 5.91 Å². The molecule has 11 heteroatoms. The summed E-state index contributed by atoms with van der Waals surface area (Å²) >= 11 is 0. The van der Waals surface area contributed by atoms with Crippen LogP contribution in [0.5, 0.6) is 0 Å². The van der Waals surface area contributed by atoms with Crippen LogP contribution in [0.2, 0.25) is 0 Å². The van der Waals surface area contributed by atoms with Crippen LogP contribution in [0.15, 0.2) is 61.6 Å². The normalized spacial score (nSPS) is 15.2. The van der Waals surface area contributed by atoms with Gasteiger partial charge in [0.1, 0.15) is 17.3 Å².